The van der Waals surface area contributed by atoms with E-state index in [-0.39, 0.29) is 23.3 Å². The van der Waals surface area contributed by atoms with E-state index in [0.29, 0.717) is 28.7 Å². The van der Waals surface area contributed by atoms with E-state index in [1.807, 2.05) is 12.1 Å². The molecule has 1 aromatic heterocycles. The number of furan rings is 1. The summed E-state index contributed by atoms with van der Waals surface area (Å²) in [4.78, 5) is 12.4. The van der Waals surface area contributed by atoms with Crippen LogP contribution in [0.3, 0.4) is 0 Å². The van der Waals surface area contributed by atoms with Crippen molar-refractivity contribution in [3.63, 3.8) is 0 Å². The molecule has 0 bridgehead atoms. The van der Waals surface area contributed by atoms with Crippen molar-refractivity contribution in [2.75, 3.05) is 11.5 Å². The van der Waals surface area contributed by atoms with Crippen molar-refractivity contribution in [1.29, 1.82) is 0 Å². The highest BCUT2D eigenvalue weighted by Crippen LogP contribution is 2.33. The number of carbonyl (C=O) groups is 1. The van der Waals surface area contributed by atoms with E-state index < -0.39 is 9.84 Å². The normalized spacial score (nSPS) is 15.5. The summed E-state index contributed by atoms with van der Waals surface area (Å²) in [5.74, 6) is 2.88. The van der Waals surface area contributed by atoms with Gasteiger partial charge in [-0.05, 0) is 54.1 Å². The van der Waals surface area contributed by atoms with Gasteiger partial charge >= 0.3 is 0 Å². The third kappa shape index (κ3) is 5.67. The lowest BCUT2D eigenvalue weighted by Crippen LogP contribution is -2.24. The molecule has 0 aliphatic carbocycles. The van der Waals surface area contributed by atoms with Crippen molar-refractivity contribution in [1.82, 2.24) is 5.32 Å². The fourth-order valence-corrected chi connectivity index (χ4v) is 5.55. The SMILES string of the molecule is O=C(Cc1ccc(Oc2ccc(S(=O)(=O)CC3CS3)cc2)cc1)NCc1ccco1. The second-order valence-electron chi connectivity index (χ2n) is 6.99. The van der Waals surface area contributed by atoms with Gasteiger partial charge in [-0.3, -0.25) is 4.79 Å². The summed E-state index contributed by atoms with van der Waals surface area (Å²) in [6, 6.07) is 17.3. The smallest absolute Gasteiger partial charge is 0.224 e. The molecular weight excluding hydrogens is 422 g/mol. The molecule has 1 saturated heterocycles. The quantitative estimate of drug-likeness (QED) is 0.506. The zero-order valence-corrected chi connectivity index (χ0v) is 17.7. The summed E-state index contributed by atoms with van der Waals surface area (Å²) in [6.45, 7) is 0.359. The van der Waals surface area contributed by atoms with E-state index in [1.165, 1.54) is 0 Å². The third-order valence-corrected chi connectivity index (χ3v) is 7.57. The lowest BCUT2D eigenvalue weighted by molar-refractivity contribution is -0.120. The Labute approximate surface area is 179 Å². The second-order valence-corrected chi connectivity index (χ2v) is 10.4. The number of carbonyl (C=O) groups excluding carboxylic acids is 1. The zero-order chi connectivity index (χ0) is 21.0. The number of sulfone groups is 1. The summed E-state index contributed by atoms with van der Waals surface area (Å²) in [5.41, 5.74) is 0.860. The summed E-state index contributed by atoms with van der Waals surface area (Å²) in [6.07, 6.45) is 1.83. The molecular formula is C22H21NO5S2. The average Bonchev–Trinajstić information content (AvgIpc) is 3.37. The van der Waals surface area contributed by atoms with Crippen molar-refractivity contribution >= 4 is 27.5 Å². The van der Waals surface area contributed by atoms with Gasteiger partial charge < -0.3 is 14.5 Å². The Morgan fingerprint density at radius 2 is 1.73 bits per heavy atom. The van der Waals surface area contributed by atoms with Gasteiger partial charge in [0.2, 0.25) is 5.91 Å². The van der Waals surface area contributed by atoms with Crippen LogP contribution in [0, 0.1) is 0 Å². The van der Waals surface area contributed by atoms with Crippen LogP contribution in [0.25, 0.3) is 0 Å². The molecule has 4 rings (SSSR count). The summed E-state index contributed by atoms with van der Waals surface area (Å²) >= 11 is 1.67. The van der Waals surface area contributed by atoms with Gasteiger partial charge in [0.25, 0.3) is 0 Å². The molecule has 2 aromatic carbocycles. The van der Waals surface area contributed by atoms with Crippen molar-refractivity contribution in [2.45, 2.75) is 23.1 Å². The maximum absolute atomic E-state index is 12.3. The molecule has 156 valence electrons. The molecule has 1 aliphatic heterocycles. The van der Waals surface area contributed by atoms with Gasteiger partial charge in [0.15, 0.2) is 9.84 Å². The van der Waals surface area contributed by atoms with E-state index in [4.69, 9.17) is 9.15 Å². The Balaban J connectivity index is 1.30. The lowest BCUT2D eigenvalue weighted by atomic mass is 10.1. The van der Waals surface area contributed by atoms with Crippen molar-refractivity contribution in [2.24, 2.45) is 0 Å². The maximum Gasteiger partial charge on any atom is 0.224 e. The minimum Gasteiger partial charge on any atom is -0.467 e. The largest absolute Gasteiger partial charge is 0.467 e. The molecule has 0 radical (unpaired) electrons. The predicted octanol–water partition coefficient (Wildman–Crippen LogP) is 3.82. The highest BCUT2D eigenvalue weighted by atomic mass is 32.2. The lowest BCUT2D eigenvalue weighted by Gasteiger charge is -2.08. The van der Waals surface area contributed by atoms with Gasteiger partial charge in [0, 0.05) is 11.0 Å². The summed E-state index contributed by atoms with van der Waals surface area (Å²) < 4.78 is 35.6. The molecule has 0 spiro atoms. The number of thioether (sulfide) groups is 1. The van der Waals surface area contributed by atoms with Gasteiger partial charge in [0.05, 0.1) is 29.9 Å². The van der Waals surface area contributed by atoms with Crippen LogP contribution in [0.1, 0.15) is 11.3 Å². The first kappa shape index (κ1) is 20.6. The fraction of sp³-hybridized carbons (Fsp3) is 0.227. The van der Waals surface area contributed by atoms with Gasteiger partial charge in [-0.25, -0.2) is 8.42 Å². The number of ether oxygens (including phenoxy) is 1. The molecule has 6 nitrogen and oxygen atoms in total. The molecule has 0 saturated carbocycles. The molecule has 1 amide bonds. The van der Waals surface area contributed by atoms with Crippen molar-refractivity contribution in [3.8, 4) is 11.5 Å². The first-order valence-corrected chi connectivity index (χ1v) is 12.2. The Bertz CT molecular complexity index is 1090. The first-order valence-electron chi connectivity index (χ1n) is 9.48. The van der Waals surface area contributed by atoms with Crippen LogP contribution < -0.4 is 10.1 Å². The van der Waals surface area contributed by atoms with Crippen LogP contribution in [0.5, 0.6) is 11.5 Å². The van der Waals surface area contributed by atoms with Crippen LogP contribution in [-0.2, 0) is 27.6 Å². The predicted molar refractivity (Wildman–Crippen MR) is 116 cm³/mol. The highest BCUT2D eigenvalue weighted by Gasteiger charge is 2.29. The minimum absolute atomic E-state index is 0.0959. The van der Waals surface area contributed by atoms with E-state index >= 15 is 0 Å². The van der Waals surface area contributed by atoms with E-state index in [0.717, 1.165) is 11.3 Å². The molecule has 2 heterocycles. The van der Waals surface area contributed by atoms with Crippen LogP contribution in [-0.4, -0.2) is 31.1 Å². The van der Waals surface area contributed by atoms with E-state index in [1.54, 1.807) is 66.6 Å². The Hall–Kier alpha value is -2.71. The number of amides is 1. The molecule has 8 heteroatoms. The molecule has 1 fully saturated rings. The number of rotatable bonds is 9. The van der Waals surface area contributed by atoms with Crippen molar-refractivity contribution in [3.05, 3.63) is 78.3 Å². The monoisotopic (exact) mass is 443 g/mol. The zero-order valence-electron chi connectivity index (χ0n) is 16.1. The molecule has 1 aliphatic rings. The number of benzene rings is 2. The average molecular weight is 444 g/mol. The van der Waals surface area contributed by atoms with Crippen LogP contribution in [0.15, 0.2) is 76.2 Å². The topological polar surface area (TPSA) is 85.6 Å². The molecule has 1 atom stereocenters. The van der Waals surface area contributed by atoms with Gasteiger partial charge in [-0.15, -0.1) is 0 Å². The summed E-state index contributed by atoms with van der Waals surface area (Å²) in [7, 11) is -3.24. The standard InChI is InChI=1S/C22H21NO5S2/c24-22(23-13-19-2-1-11-27-19)12-16-3-5-17(6-4-16)28-18-7-9-21(10-8-18)30(25,26)15-20-14-29-20/h1-11,20H,12-15H2,(H,23,24). The highest BCUT2D eigenvalue weighted by molar-refractivity contribution is 8.08. The molecule has 1 unspecified atom stereocenters. The van der Waals surface area contributed by atoms with Gasteiger partial charge in [-0.1, -0.05) is 12.1 Å². The maximum atomic E-state index is 12.3. The molecule has 3 aromatic rings. The first-order chi connectivity index (χ1) is 14.5. The Morgan fingerprint density at radius 3 is 2.33 bits per heavy atom. The summed E-state index contributed by atoms with van der Waals surface area (Å²) in [5, 5.41) is 3.04. The number of hydrogen-bond acceptors (Lipinski definition) is 6. The van der Waals surface area contributed by atoms with Crippen molar-refractivity contribution < 1.29 is 22.4 Å². The minimum atomic E-state index is -3.24. The van der Waals surface area contributed by atoms with Crippen LogP contribution >= 0.6 is 11.8 Å². The Morgan fingerprint density at radius 1 is 1.07 bits per heavy atom. The second kappa shape index (κ2) is 8.97. The van der Waals surface area contributed by atoms with E-state index in [9.17, 15) is 13.2 Å². The molecule has 30 heavy (non-hydrogen) atoms. The van der Waals surface area contributed by atoms with Gasteiger partial charge in [0.1, 0.15) is 17.3 Å². The Kier molecular flexibility index (Phi) is 6.15. The third-order valence-electron chi connectivity index (χ3n) is 4.55. The van der Waals surface area contributed by atoms with Gasteiger partial charge in [-0.2, -0.15) is 11.8 Å². The van der Waals surface area contributed by atoms with Crippen LogP contribution in [0.2, 0.25) is 0 Å². The van der Waals surface area contributed by atoms with E-state index in [2.05, 4.69) is 5.32 Å². The number of nitrogens with one attached hydrogen (secondary N) is 1. The van der Waals surface area contributed by atoms with Crippen LogP contribution in [0.4, 0.5) is 0 Å². The molecule has 1 N–H and O–H groups in total. The fourth-order valence-electron chi connectivity index (χ4n) is 2.88. The number of hydrogen-bond donors (Lipinski definition) is 1.